The van der Waals surface area contributed by atoms with E-state index in [1.54, 1.807) is 4.90 Å². The van der Waals surface area contributed by atoms with Gasteiger partial charge in [-0.25, -0.2) is 4.79 Å². The predicted octanol–water partition coefficient (Wildman–Crippen LogP) is 3.45. The lowest BCUT2D eigenvalue weighted by atomic mass is 10.1. The number of rotatable bonds is 1. The molecule has 0 aliphatic carbocycles. The van der Waals surface area contributed by atoms with E-state index in [1.165, 1.54) is 18.5 Å². The Morgan fingerprint density at radius 3 is 2.61 bits per heavy atom. The summed E-state index contributed by atoms with van der Waals surface area (Å²) in [4.78, 5) is 16.6. The van der Waals surface area contributed by atoms with E-state index in [2.05, 4.69) is 28.4 Å². The number of ether oxygens (including phenoxy) is 1. The van der Waals surface area contributed by atoms with Gasteiger partial charge in [-0.3, -0.25) is 0 Å². The molecule has 1 saturated heterocycles. The highest BCUT2D eigenvalue weighted by molar-refractivity contribution is 5.70. The van der Waals surface area contributed by atoms with Crippen LogP contribution in [-0.2, 0) is 11.3 Å². The van der Waals surface area contributed by atoms with Crippen molar-refractivity contribution in [2.24, 2.45) is 0 Å². The number of hydrogen-bond donors (Lipinski definition) is 1. The van der Waals surface area contributed by atoms with Crippen molar-refractivity contribution in [1.29, 1.82) is 0 Å². The Morgan fingerprint density at radius 2 is 1.91 bits per heavy atom. The van der Waals surface area contributed by atoms with Crippen LogP contribution in [0.15, 0.2) is 18.2 Å². The van der Waals surface area contributed by atoms with E-state index in [1.807, 2.05) is 20.8 Å². The molecule has 0 saturated carbocycles. The molecular weight excluding hydrogens is 290 g/mol. The summed E-state index contributed by atoms with van der Waals surface area (Å²) in [5.74, 6) is 0. The third-order valence-corrected chi connectivity index (χ3v) is 4.27. The van der Waals surface area contributed by atoms with E-state index in [-0.39, 0.29) is 6.09 Å². The molecule has 23 heavy (non-hydrogen) atoms. The van der Waals surface area contributed by atoms with Crippen LogP contribution >= 0.6 is 0 Å². The molecule has 0 unspecified atom stereocenters. The summed E-state index contributed by atoms with van der Waals surface area (Å²) in [5, 5.41) is 3.42. The molecule has 1 aromatic rings. The maximum Gasteiger partial charge on any atom is 0.410 e. The van der Waals surface area contributed by atoms with Gasteiger partial charge < -0.3 is 19.9 Å². The Morgan fingerprint density at radius 1 is 1.17 bits per heavy atom. The molecule has 5 heteroatoms. The first-order chi connectivity index (χ1) is 10.9. The highest BCUT2D eigenvalue weighted by atomic mass is 16.6. The van der Waals surface area contributed by atoms with Gasteiger partial charge in [-0.15, -0.1) is 0 Å². The molecule has 0 spiro atoms. The third-order valence-electron chi connectivity index (χ3n) is 4.27. The van der Waals surface area contributed by atoms with Crippen molar-refractivity contribution in [1.82, 2.24) is 4.90 Å². The fourth-order valence-electron chi connectivity index (χ4n) is 3.15. The highest BCUT2D eigenvalue weighted by Gasteiger charge is 2.25. The second-order valence-corrected chi connectivity index (χ2v) is 7.36. The topological polar surface area (TPSA) is 44.8 Å². The number of anilines is 2. The fourth-order valence-corrected chi connectivity index (χ4v) is 3.15. The number of hydrogen-bond acceptors (Lipinski definition) is 4. The molecule has 3 rings (SSSR count). The van der Waals surface area contributed by atoms with Gasteiger partial charge in [-0.05, 0) is 57.4 Å². The van der Waals surface area contributed by atoms with E-state index in [0.717, 1.165) is 30.9 Å². The molecule has 1 fully saturated rings. The largest absolute Gasteiger partial charge is 0.444 e. The molecule has 1 aromatic carbocycles. The number of fused-ring (bicyclic) bond motifs is 1. The van der Waals surface area contributed by atoms with Gasteiger partial charge in [0, 0.05) is 37.6 Å². The van der Waals surface area contributed by atoms with Crippen LogP contribution in [-0.4, -0.2) is 42.8 Å². The van der Waals surface area contributed by atoms with Crippen LogP contribution in [0, 0.1) is 0 Å². The highest BCUT2D eigenvalue weighted by Crippen LogP contribution is 2.28. The molecule has 0 radical (unpaired) electrons. The molecule has 0 bridgehead atoms. The number of amides is 1. The average molecular weight is 317 g/mol. The van der Waals surface area contributed by atoms with Gasteiger partial charge in [0.2, 0.25) is 0 Å². The number of benzene rings is 1. The van der Waals surface area contributed by atoms with E-state index in [0.29, 0.717) is 13.1 Å². The van der Waals surface area contributed by atoms with Crippen molar-refractivity contribution in [2.45, 2.75) is 45.8 Å². The first-order valence-corrected chi connectivity index (χ1v) is 8.52. The van der Waals surface area contributed by atoms with Crippen LogP contribution in [0.5, 0.6) is 0 Å². The first kappa shape index (κ1) is 16.0. The lowest BCUT2D eigenvalue weighted by Crippen LogP contribution is -2.37. The number of nitrogens with zero attached hydrogens (tertiary/aromatic N) is 2. The van der Waals surface area contributed by atoms with Crippen LogP contribution in [0.25, 0.3) is 0 Å². The van der Waals surface area contributed by atoms with E-state index < -0.39 is 5.60 Å². The third kappa shape index (κ3) is 3.89. The van der Waals surface area contributed by atoms with Crippen LogP contribution < -0.4 is 10.2 Å². The second-order valence-electron chi connectivity index (χ2n) is 7.36. The van der Waals surface area contributed by atoms with Gasteiger partial charge >= 0.3 is 6.09 Å². The minimum absolute atomic E-state index is 0.237. The van der Waals surface area contributed by atoms with Crippen LogP contribution in [0.4, 0.5) is 16.2 Å². The summed E-state index contributed by atoms with van der Waals surface area (Å²) in [6.45, 7) is 9.96. The fraction of sp³-hybridized carbons (Fsp3) is 0.611. The Labute approximate surface area is 138 Å². The van der Waals surface area contributed by atoms with Gasteiger partial charge in [0.05, 0.1) is 6.54 Å². The summed E-state index contributed by atoms with van der Waals surface area (Å²) >= 11 is 0. The second kappa shape index (κ2) is 6.30. The van der Waals surface area contributed by atoms with Crippen molar-refractivity contribution in [3.05, 3.63) is 23.8 Å². The number of carbonyl (C=O) groups excluding carboxylic acids is 1. The molecule has 0 atom stereocenters. The maximum atomic E-state index is 12.4. The van der Waals surface area contributed by atoms with Gasteiger partial charge in [-0.2, -0.15) is 0 Å². The van der Waals surface area contributed by atoms with Crippen molar-refractivity contribution in [2.75, 3.05) is 36.4 Å². The Kier molecular flexibility index (Phi) is 4.37. The molecule has 2 heterocycles. The molecule has 5 nitrogen and oxygen atoms in total. The normalized spacial score (nSPS) is 18.2. The predicted molar refractivity (Wildman–Crippen MR) is 93.0 cm³/mol. The van der Waals surface area contributed by atoms with Gasteiger partial charge in [0.15, 0.2) is 0 Å². The summed E-state index contributed by atoms with van der Waals surface area (Å²) in [6.07, 6.45) is 2.29. The van der Waals surface area contributed by atoms with Crippen molar-refractivity contribution >= 4 is 17.5 Å². The Balaban J connectivity index is 1.77. The summed E-state index contributed by atoms with van der Waals surface area (Å²) < 4.78 is 5.53. The molecular formula is C18H27N3O2. The zero-order chi connectivity index (χ0) is 16.4. The summed E-state index contributed by atoms with van der Waals surface area (Å²) in [6, 6.07) is 6.54. The number of carbonyl (C=O) groups is 1. The zero-order valence-corrected chi connectivity index (χ0v) is 14.4. The monoisotopic (exact) mass is 317 g/mol. The summed E-state index contributed by atoms with van der Waals surface area (Å²) in [5.41, 5.74) is 3.09. The average Bonchev–Trinajstić information content (AvgIpc) is 2.91. The van der Waals surface area contributed by atoms with Crippen molar-refractivity contribution in [3.63, 3.8) is 0 Å². The standard InChI is InChI=1S/C18H27N3O2/c1-18(2,3)23-17(22)21-11-8-19-16-7-6-15(12-14(16)13-21)20-9-4-5-10-20/h6-7,12,19H,4-5,8-11,13H2,1-3H3. The van der Waals surface area contributed by atoms with E-state index in [9.17, 15) is 4.79 Å². The molecule has 2 aliphatic heterocycles. The minimum atomic E-state index is -0.461. The first-order valence-electron chi connectivity index (χ1n) is 8.52. The molecule has 1 amide bonds. The Bertz CT molecular complexity index is 574. The lowest BCUT2D eigenvalue weighted by molar-refractivity contribution is 0.0245. The van der Waals surface area contributed by atoms with Crippen molar-refractivity contribution in [3.8, 4) is 0 Å². The lowest BCUT2D eigenvalue weighted by Gasteiger charge is -2.26. The molecule has 2 aliphatic rings. The SMILES string of the molecule is CC(C)(C)OC(=O)N1CCNc2ccc(N3CCCC3)cc2C1. The molecule has 0 aromatic heterocycles. The molecule has 1 N–H and O–H groups in total. The number of nitrogens with one attached hydrogen (secondary N) is 1. The minimum Gasteiger partial charge on any atom is -0.444 e. The van der Waals surface area contributed by atoms with Crippen molar-refractivity contribution < 1.29 is 9.53 Å². The molecule has 126 valence electrons. The van der Waals surface area contributed by atoms with Gasteiger partial charge in [-0.1, -0.05) is 0 Å². The quantitative estimate of drug-likeness (QED) is 0.861. The van der Waals surface area contributed by atoms with Gasteiger partial charge in [0.25, 0.3) is 0 Å². The van der Waals surface area contributed by atoms with Crippen LogP contribution in [0.1, 0.15) is 39.2 Å². The Hall–Kier alpha value is -1.91. The van der Waals surface area contributed by atoms with Crippen LogP contribution in [0.2, 0.25) is 0 Å². The van der Waals surface area contributed by atoms with E-state index in [4.69, 9.17) is 4.74 Å². The van der Waals surface area contributed by atoms with Gasteiger partial charge in [0.1, 0.15) is 5.60 Å². The zero-order valence-electron chi connectivity index (χ0n) is 14.4. The summed E-state index contributed by atoms with van der Waals surface area (Å²) in [7, 11) is 0. The van der Waals surface area contributed by atoms with Crippen LogP contribution in [0.3, 0.4) is 0 Å². The smallest absolute Gasteiger partial charge is 0.410 e. The maximum absolute atomic E-state index is 12.4. The van der Waals surface area contributed by atoms with E-state index >= 15 is 0 Å².